The fourth-order valence-electron chi connectivity index (χ4n) is 6.04. The zero-order valence-corrected chi connectivity index (χ0v) is 37.0. The van der Waals surface area contributed by atoms with Gasteiger partial charge in [0.25, 0.3) is 0 Å². The van der Waals surface area contributed by atoms with Crippen molar-refractivity contribution in [2.24, 2.45) is 0 Å². The summed E-state index contributed by atoms with van der Waals surface area (Å²) in [5, 5.41) is 11.8. The lowest BCUT2D eigenvalue weighted by Crippen LogP contribution is -2.49. The monoisotopic (exact) mass is 925 g/mol. The number of ether oxygens (including phenoxy) is 4. The maximum absolute atomic E-state index is 14.1. The molecule has 1 amide bonds. The van der Waals surface area contributed by atoms with Crippen LogP contribution in [-0.4, -0.2) is 138 Å². The first-order valence-corrected chi connectivity index (χ1v) is 23.6. The van der Waals surface area contributed by atoms with Crippen molar-refractivity contribution in [1.82, 2.24) is 34.0 Å². The lowest BCUT2D eigenvalue weighted by Gasteiger charge is -2.31. The Balaban J connectivity index is 1.44. The van der Waals surface area contributed by atoms with E-state index in [4.69, 9.17) is 34.9 Å². The Morgan fingerprint density at radius 2 is 1.72 bits per heavy atom. The lowest BCUT2D eigenvalue weighted by molar-refractivity contribution is -0.161. The van der Waals surface area contributed by atoms with Crippen LogP contribution in [0.4, 0.5) is 16.4 Å². The largest absolute Gasteiger partial charge is 0.469 e. The van der Waals surface area contributed by atoms with Gasteiger partial charge in [0.1, 0.15) is 47.7 Å². The van der Waals surface area contributed by atoms with Gasteiger partial charge in [0.15, 0.2) is 23.8 Å². The number of nitrogen functional groups attached to an aromatic ring is 2. The van der Waals surface area contributed by atoms with Crippen LogP contribution in [0, 0.1) is 0 Å². The summed E-state index contributed by atoms with van der Waals surface area (Å²) >= 11 is 0. The highest BCUT2D eigenvalue weighted by atomic mass is 33.1. The van der Waals surface area contributed by atoms with Crippen molar-refractivity contribution in [2.75, 3.05) is 37.5 Å². The second-order valence-electron chi connectivity index (χ2n) is 15.7. The molecule has 2 aliphatic heterocycles. The summed E-state index contributed by atoms with van der Waals surface area (Å²) < 4.78 is 61.3. The van der Waals surface area contributed by atoms with E-state index in [1.165, 1.54) is 51.8 Å². The van der Waals surface area contributed by atoms with Crippen LogP contribution in [0.5, 0.6) is 0 Å². The number of rotatable bonds is 15. The molecule has 2 aliphatic rings. The van der Waals surface area contributed by atoms with Crippen molar-refractivity contribution in [1.29, 1.82) is 0 Å². The molecule has 3 aromatic heterocycles. The number of phosphoric acid groups is 1. The molecule has 28 heteroatoms. The summed E-state index contributed by atoms with van der Waals surface area (Å²) in [6.45, 7) is 9.14. The second-order valence-corrected chi connectivity index (χ2v) is 22.2. The van der Waals surface area contributed by atoms with Crippen molar-refractivity contribution in [3.63, 3.8) is 0 Å². The molecular formula is C32H49N9O15P2S2. The van der Waals surface area contributed by atoms with Crippen molar-refractivity contribution in [3.05, 3.63) is 35.4 Å². The van der Waals surface area contributed by atoms with E-state index in [9.17, 15) is 43.3 Å². The van der Waals surface area contributed by atoms with Gasteiger partial charge in [0.2, 0.25) is 0 Å². The molecule has 334 valence electrons. The van der Waals surface area contributed by atoms with Crippen molar-refractivity contribution < 1.29 is 66.5 Å². The first kappa shape index (κ1) is 47.7. The third-order valence-electron chi connectivity index (χ3n) is 8.79. The lowest BCUT2D eigenvalue weighted by atomic mass is 10.1. The van der Waals surface area contributed by atoms with E-state index in [1.54, 1.807) is 20.8 Å². The van der Waals surface area contributed by atoms with Crippen molar-refractivity contribution in [2.45, 2.75) is 107 Å². The van der Waals surface area contributed by atoms with Crippen LogP contribution in [-0.2, 0) is 41.9 Å². The Labute approximate surface area is 351 Å². The Hall–Kier alpha value is -3.39. The van der Waals surface area contributed by atoms with Gasteiger partial charge in [-0.1, -0.05) is 42.4 Å². The maximum Gasteiger partial charge on any atom is 0.469 e. The van der Waals surface area contributed by atoms with Crippen LogP contribution in [0.15, 0.2) is 29.7 Å². The van der Waals surface area contributed by atoms with Crippen LogP contribution >= 0.6 is 37.0 Å². The van der Waals surface area contributed by atoms with Gasteiger partial charge in [-0.25, -0.2) is 33.9 Å². The van der Waals surface area contributed by atoms with Crippen molar-refractivity contribution >= 4 is 71.9 Å². The highest BCUT2D eigenvalue weighted by molar-refractivity contribution is 8.77. The molecule has 0 saturated carbocycles. The molecule has 3 aromatic rings. The highest BCUT2D eigenvalue weighted by Crippen LogP contribution is 2.56. The molecule has 0 bridgehead atoms. The minimum Gasteiger partial charge on any atom is -0.455 e. The first-order chi connectivity index (χ1) is 27.7. The fourth-order valence-corrected chi connectivity index (χ4v) is 10.5. The third-order valence-corrected chi connectivity index (χ3v) is 14.5. The number of imidazole rings is 1. The van der Waals surface area contributed by atoms with Crippen LogP contribution in [0.25, 0.3) is 11.2 Å². The number of aliphatic hydroxyl groups excluding tert-OH is 1. The van der Waals surface area contributed by atoms with E-state index in [1.807, 2.05) is 20.8 Å². The molecule has 8 N–H and O–H groups in total. The molecule has 0 spiro atoms. The minimum atomic E-state index is -5.11. The number of nitrogens with two attached hydrogens (primary N) is 2. The molecule has 3 unspecified atom stereocenters. The number of aliphatic hydroxyl groups is 1. The number of hydrogen-bond donors (Lipinski definition) is 6. The number of nitrogens with zero attached hydrogens (tertiary/aromatic N) is 7. The van der Waals surface area contributed by atoms with Gasteiger partial charge in [-0.2, -0.15) is 4.98 Å². The number of hydrogen-bond acceptors (Lipinski definition) is 20. The van der Waals surface area contributed by atoms with E-state index >= 15 is 0 Å². The number of fused-ring (bicyclic) bond motifs is 1. The van der Waals surface area contributed by atoms with E-state index in [-0.39, 0.29) is 33.3 Å². The standard InChI is InChI=1S/C32H49N9O15P2S2/c1-31(2,3)56-30(45)39(7)16(13-59-60-32(4,5)6)28(43)55-24-18(54-27(23(24)42)41-15-37-22-25(34)35-14-36-26(22)41)12-51-57(46,47)19-10-21(40-9-8-20(33)38-29(40)44)53-17(19)11-52-58(48,49)50/h8-9,14-19,21,23-24,27,42H,10-13H2,1-7H3,(H,46,47)(H2,33,38,44)(H2,34,35,36)(H2,48,49,50)/t16-,17?,18?,19-,21+,23+,24+,27+/m0/s1. The molecule has 5 heterocycles. The van der Waals surface area contributed by atoms with Gasteiger partial charge >= 0.3 is 33.2 Å². The number of amides is 1. The molecule has 60 heavy (non-hydrogen) atoms. The smallest absolute Gasteiger partial charge is 0.455 e. The molecule has 0 aliphatic carbocycles. The van der Waals surface area contributed by atoms with Crippen LogP contribution < -0.4 is 17.2 Å². The molecule has 2 fully saturated rings. The van der Waals surface area contributed by atoms with Gasteiger partial charge in [0, 0.05) is 30.2 Å². The maximum atomic E-state index is 14.1. The Kier molecular flexibility index (Phi) is 14.7. The van der Waals surface area contributed by atoms with Crippen LogP contribution in [0.2, 0.25) is 0 Å². The van der Waals surface area contributed by atoms with Gasteiger partial charge in [-0.15, -0.1) is 0 Å². The normalized spacial score (nSPS) is 25.2. The number of carbonyl (C=O) groups excluding carboxylic acids is 2. The summed E-state index contributed by atoms with van der Waals surface area (Å²) in [4.78, 5) is 87.1. The van der Waals surface area contributed by atoms with E-state index in [0.29, 0.717) is 0 Å². The summed E-state index contributed by atoms with van der Waals surface area (Å²) in [6, 6.07) is 0.00285. The second kappa shape index (κ2) is 18.5. The van der Waals surface area contributed by atoms with Gasteiger partial charge in [-0.05, 0) is 26.8 Å². The Bertz CT molecular complexity index is 2180. The first-order valence-electron chi connectivity index (χ1n) is 18.2. The van der Waals surface area contributed by atoms with Crippen LogP contribution in [0.1, 0.15) is 60.4 Å². The summed E-state index contributed by atoms with van der Waals surface area (Å²) in [7, 11) is -5.99. The number of carbonyl (C=O) groups is 2. The van der Waals surface area contributed by atoms with E-state index < -0.39 is 107 Å². The average molecular weight is 926 g/mol. The van der Waals surface area contributed by atoms with E-state index in [0.717, 1.165) is 15.8 Å². The zero-order valence-electron chi connectivity index (χ0n) is 33.5. The molecule has 0 radical (unpaired) electrons. The SMILES string of the molecule is CN(C(=O)OC(C)(C)C)[C@@H](CSSC(C)(C)C)C(=O)O[C@@H]1C(COP(=O)(O)[C@H]2C[C@H](n3ccc(N)nc3=O)OC2COP(=O)(O)O)O[C@@H](n2cnc3c(N)ncnc32)[C@@H]1O. The quantitative estimate of drug-likeness (QED) is 0.0719. The molecule has 9 atom stereocenters. The number of likely N-dealkylation sites (N-methyl/N-ethyl adjacent to an activating group) is 1. The van der Waals surface area contributed by atoms with E-state index in [2.05, 4.69) is 24.5 Å². The number of esters is 1. The van der Waals surface area contributed by atoms with Crippen LogP contribution in [0.3, 0.4) is 0 Å². The van der Waals surface area contributed by atoms with Gasteiger partial charge in [-0.3, -0.25) is 23.1 Å². The Morgan fingerprint density at radius 3 is 2.35 bits per heavy atom. The predicted octanol–water partition coefficient (Wildman–Crippen LogP) is 1.80. The number of phosphoric ester groups is 1. The molecule has 0 aromatic carbocycles. The van der Waals surface area contributed by atoms with Crippen molar-refractivity contribution in [3.8, 4) is 0 Å². The summed E-state index contributed by atoms with van der Waals surface area (Å²) in [5.74, 6) is -1.06. The average Bonchev–Trinajstić information content (AvgIpc) is 3.83. The Morgan fingerprint density at radius 1 is 1.03 bits per heavy atom. The predicted molar refractivity (Wildman–Crippen MR) is 216 cm³/mol. The number of anilines is 2. The fraction of sp³-hybridized carbons (Fsp3) is 0.656. The summed E-state index contributed by atoms with van der Waals surface area (Å²) in [6.07, 6.45) is -6.66. The van der Waals surface area contributed by atoms with Gasteiger partial charge in [0.05, 0.1) is 31.3 Å². The highest BCUT2D eigenvalue weighted by Gasteiger charge is 2.52. The molecule has 2 saturated heterocycles. The molecular weight excluding hydrogens is 876 g/mol. The van der Waals surface area contributed by atoms with Gasteiger partial charge < -0.3 is 54.7 Å². The number of aromatic nitrogens is 6. The minimum absolute atomic E-state index is 0.0142. The topological polar surface area (TPSA) is 338 Å². The zero-order chi connectivity index (χ0) is 44.5. The summed E-state index contributed by atoms with van der Waals surface area (Å²) in [5.41, 5.74) is 8.49. The molecule has 5 rings (SSSR count). The molecule has 24 nitrogen and oxygen atoms in total. The third kappa shape index (κ3) is 11.9.